The van der Waals surface area contributed by atoms with E-state index in [0.717, 1.165) is 11.6 Å². The first-order valence-electron chi connectivity index (χ1n) is 9.48. The third kappa shape index (κ3) is 3.79. The van der Waals surface area contributed by atoms with Crippen LogP contribution < -0.4 is 10.6 Å². The number of halogens is 1. The molecule has 1 aliphatic heterocycles. The largest absolute Gasteiger partial charge is 0.325 e. The Balaban J connectivity index is 1.52. The van der Waals surface area contributed by atoms with E-state index < -0.39 is 0 Å². The van der Waals surface area contributed by atoms with Crippen molar-refractivity contribution >= 4 is 40.2 Å². The molecule has 1 heterocycles. The quantitative estimate of drug-likeness (QED) is 0.610. The molecule has 1 aromatic carbocycles. The van der Waals surface area contributed by atoms with Gasteiger partial charge in [-0.1, -0.05) is 48.7 Å². The lowest BCUT2D eigenvalue weighted by molar-refractivity contribution is 0.256. The number of amides is 2. The van der Waals surface area contributed by atoms with Crippen LogP contribution in [-0.4, -0.2) is 15.9 Å². The zero-order valence-corrected chi connectivity index (χ0v) is 16.4. The number of thioether (sulfide) groups is 1. The number of nitrogens with one attached hydrogen (secondary N) is 2. The highest BCUT2D eigenvalue weighted by molar-refractivity contribution is 8.15. The number of amidine groups is 1. The lowest BCUT2D eigenvalue weighted by atomic mass is 9.77. The Morgan fingerprint density at radius 1 is 1.08 bits per heavy atom. The number of rotatable bonds is 1. The fourth-order valence-corrected chi connectivity index (χ4v) is 6.00. The summed E-state index contributed by atoms with van der Waals surface area (Å²) in [4.78, 5) is 17.3. The standard InChI is InChI=1S/C20H24ClN3OS/c21-14-7-6-8-15(13-14)22-18(25)24-19-23-17-10-3-2-9-16(17)20(26-19)11-4-1-5-12-20/h6-8,13H,1-5,9-12H2,(H2,22,23,24,25). The van der Waals surface area contributed by atoms with Gasteiger partial charge in [0.05, 0.1) is 0 Å². The topological polar surface area (TPSA) is 53.5 Å². The molecule has 26 heavy (non-hydrogen) atoms. The Morgan fingerprint density at radius 3 is 2.69 bits per heavy atom. The first kappa shape index (κ1) is 17.9. The van der Waals surface area contributed by atoms with Crippen molar-refractivity contribution < 1.29 is 4.79 Å². The van der Waals surface area contributed by atoms with Crippen LogP contribution in [-0.2, 0) is 0 Å². The molecule has 6 heteroatoms. The van der Waals surface area contributed by atoms with Crippen LogP contribution in [0.2, 0.25) is 5.02 Å². The third-order valence-corrected chi connectivity index (χ3v) is 7.15. The zero-order chi connectivity index (χ0) is 18.0. The number of carbonyl (C=O) groups excluding carboxylic acids is 1. The van der Waals surface area contributed by atoms with Gasteiger partial charge in [0, 0.05) is 21.2 Å². The highest BCUT2D eigenvalue weighted by Crippen LogP contribution is 2.52. The summed E-state index contributed by atoms with van der Waals surface area (Å²) in [5.41, 5.74) is 3.48. The summed E-state index contributed by atoms with van der Waals surface area (Å²) in [6.45, 7) is 0. The van der Waals surface area contributed by atoms with E-state index in [9.17, 15) is 4.79 Å². The summed E-state index contributed by atoms with van der Waals surface area (Å²) < 4.78 is 0.161. The monoisotopic (exact) mass is 389 g/mol. The molecular weight excluding hydrogens is 366 g/mol. The fourth-order valence-electron chi connectivity index (χ4n) is 4.30. The lowest BCUT2D eigenvalue weighted by Crippen LogP contribution is -2.42. The molecule has 0 saturated heterocycles. The van der Waals surface area contributed by atoms with Crippen LogP contribution in [0.15, 0.2) is 40.5 Å². The van der Waals surface area contributed by atoms with Gasteiger partial charge in [-0.2, -0.15) is 0 Å². The number of nitrogens with zero attached hydrogens (tertiary/aromatic N) is 1. The van der Waals surface area contributed by atoms with Gasteiger partial charge in [0.25, 0.3) is 0 Å². The van der Waals surface area contributed by atoms with E-state index in [1.54, 1.807) is 29.5 Å². The van der Waals surface area contributed by atoms with Gasteiger partial charge in [-0.15, -0.1) is 0 Å². The molecule has 4 nitrogen and oxygen atoms in total. The van der Waals surface area contributed by atoms with Crippen molar-refractivity contribution in [3.63, 3.8) is 0 Å². The van der Waals surface area contributed by atoms with Crippen LogP contribution in [0.5, 0.6) is 0 Å². The number of hydrogen-bond donors (Lipinski definition) is 2. The normalized spacial score (nSPS) is 21.8. The Bertz CT molecular complexity index is 768. The smallest absolute Gasteiger partial charge is 0.308 e. The van der Waals surface area contributed by atoms with Gasteiger partial charge in [0.1, 0.15) is 0 Å². The van der Waals surface area contributed by atoms with Crippen molar-refractivity contribution in [1.82, 2.24) is 5.32 Å². The van der Waals surface area contributed by atoms with Crippen LogP contribution in [0.25, 0.3) is 0 Å². The molecule has 4 rings (SSSR count). The summed E-state index contributed by atoms with van der Waals surface area (Å²) in [6, 6.07) is 6.91. The highest BCUT2D eigenvalue weighted by atomic mass is 35.5. The highest BCUT2D eigenvalue weighted by Gasteiger charge is 2.42. The third-order valence-electron chi connectivity index (χ3n) is 5.48. The molecule has 1 fully saturated rings. The molecule has 0 bridgehead atoms. The molecular formula is C20H24ClN3OS. The zero-order valence-electron chi connectivity index (χ0n) is 14.8. The second-order valence-corrected chi connectivity index (χ2v) is 9.10. The number of fused-ring (bicyclic) bond motifs is 1. The molecule has 0 unspecified atom stereocenters. The summed E-state index contributed by atoms with van der Waals surface area (Å²) in [7, 11) is 0. The van der Waals surface area contributed by atoms with E-state index in [2.05, 4.69) is 10.6 Å². The number of allylic oxidation sites excluding steroid dienone is 1. The van der Waals surface area contributed by atoms with Gasteiger partial charge >= 0.3 is 6.03 Å². The maximum atomic E-state index is 12.4. The van der Waals surface area contributed by atoms with Crippen LogP contribution in [0.4, 0.5) is 10.5 Å². The van der Waals surface area contributed by atoms with E-state index in [1.165, 1.54) is 57.1 Å². The van der Waals surface area contributed by atoms with Crippen molar-refractivity contribution in [1.29, 1.82) is 0 Å². The maximum Gasteiger partial charge on any atom is 0.325 e. The summed E-state index contributed by atoms with van der Waals surface area (Å²) in [5, 5.41) is 7.17. The van der Waals surface area contributed by atoms with Gasteiger partial charge in [0.15, 0.2) is 5.17 Å². The number of hydrogen-bond acceptors (Lipinski definition) is 3. The Kier molecular flexibility index (Phi) is 5.28. The average molecular weight is 390 g/mol. The Morgan fingerprint density at radius 2 is 1.88 bits per heavy atom. The van der Waals surface area contributed by atoms with Crippen molar-refractivity contribution in [2.24, 2.45) is 4.99 Å². The fraction of sp³-hybridized carbons (Fsp3) is 0.500. The van der Waals surface area contributed by atoms with Gasteiger partial charge in [-0.3, -0.25) is 5.32 Å². The SMILES string of the molecule is O=C(NC1=NC2=C(CCCC2)C2(CCCCC2)S1)Nc1cccc(Cl)c1. The molecule has 0 aromatic heterocycles. The maximum absolute atomic E-state index is 12.4. The molecule has 1 saturated carbocycles. The summed E-state index contributed by atoms with van der Waals surface area (Å²) in [6.07, 6.45) is 10.9. The molecule has 1 spiro atoms. The molecule has 2 N–H and O–H groups in total. The first-order chi connectivity index (χ1) is 12.6. The molecule has 2 aliphatic carbocycles. The number of benzene rings is 1. The van der Waals surface area contributed by atoms with Crippen LogP contribution in [0, 0.1) is 0 Å². The molecule has 3 aliphatic rings. The molecule has 1 aromatic rings. The number of aliphatic imine (C=N–C) groups is 1. The second-order valence-electron chi connectivity index (χ2n) is 7.30. The molecule has 2 amide bonds. The van der Waals surface area contributed by atoms with Gasteiger partial charge in [0.2, 0.25) is 0 Å². The number of carbonyl (C=O) groups is 1. The van der Waals surface area contributed by atoms with Crippen LogP contribution in [0.1, 0.15) is 57.8 Å². The Labute approximate surface area is 163 Å². The van der Waals surface area contributed by atoms with Crippen LogP contribution in [0.3, 0.4) is 0 Å². The predicted octanol–water partition coefficient (Wildman–Crippen LogP) is 6.10. The summed E-state index contributed by atoms with van der Waals surface area (Å²) >= 11 is 7.76. The van der Waals surface area contributed by atoms with Crippen molar-refractivity contribution in [2.75, 3.05) is 5.32 Å². The Hall–Kier alpha value is -1.46. The van der Waals surface area contributed by atoms with E-state index >= 15 is 0 Å². The van der Waals surface area contributed by atoms with E-state index in [-0.39, 0.29) is 10.8 Å². The minimum Gasteiger partial charge on any atom is -0.308 e. The average Bonchev–Trinajstić information content (AvgIpc) is 2.62. The minimum absolute atomic E-state index is 0.161. The van der Waals surface area contributed by atoms with E-state index in [1.807, 2.05) is 12.1 Å². The molecule has 0 radical (unpaired) electrons. The van der Waals surface area contributed by atoms with Gasteiger partial charge in [-0.25, -0.2) is 9.79 Å². The van der Waals surface area contributed by atoms with E-state index in [4.69, 9.17) is 16.6 Å². The second kappa shape index (κ2) is 7.65. The van der Waals surface area contributed by atoms with Gasteiger partial charge < -0.3 is 5.32 Å². The van der Waals surface area contributed by atoms with Gasteiger partial charge in [-0.05, 0) is 62.3 Å². The van der Waals surface area contributed by atoms with Crippen molar-refractivity contribution in [2.45, 2.75) is 62.5 Å². The summed E-state index contributed by atoms with van der Waals surface area (Å²) in [5.74, 6) is 0. The molecule has 0 atom stereocenters. The van der Waals surface area contributed by atoms with Crippen molar-refractivity contribution in [3.8, 4) is 0 Å². The number of urea groups is 1. The lowest BCUT2D eigenvalue weighted by Gasteiger charge is -2.43. The first-order valence-corrected chi connectivity index (χ1v) is 10.7. The van der Waals surface area contributed by atoms with E-state index in [0.29, 0.717) is 10.7 Å². The predicted molar refractivity (Wildman–Crippen MR) is 110 cm³/mol. The minimum atomic E-state index is -0.260. The molecule has 138 valence electrons. The van der Waals surface area contributed by atoms with Crippen LogP contribution >= 0.6 is 23.4 Å². The van der Waals surface area contributed by atoms with Crippen molar-refractivity contribution in [3.05, 3.63) is 40.6 Å². The number of anilines is 1.